The summed E-state index contributed by atoms with van der Waals surface area (Å²) in [6, 6.07) is -0.179. The minimum atomic E-state index is -0.525. The molecule has 1 rings (SSSR count). The molecule has 94 valence electrons. The van der Waals surface area contributed by atoms with Crippen LogP contribution in [0.3, 0.4) is 0 Å². The molecule has 0 saturated heterocycles. The molecular formula is C14H21NO2. The maximum atomic E-state index is 12.0. The fourth-order valence-corrected chi connectivity index (χ4v) is 1.72. The maximum Gasteiger partial charge on any atom is 0.231 e. The van der Waals surface area contributed by atoms with E-state index in [4.69, 9.17) is 0 Å². The first kappa shape index (κ1) is 13.7. The van der Waals surface area contributed by atoms with Crippen molar-refractivity contribution in [1.82, 2.24) is 5.32 Å². The van der Waals surface area contributed by atoms with E-state index >= 15 is 0 Å². The summed E-state index contributed by atoms with van der Waals surface area (Å²) in [4.78, 5) is 12.0. The van der Waals surface area contributed by atoms with Crippen LogP contribution in [0.5, 0.6) is 0 Å². The Bertz CT molecular complexity index is 353. The lowest BCUT2D eigenvalue weighted by atomic mass is 10.1. The number of allylic oxidation sites excluding steroid dienone is 4. The fraction of sp³-hybridized carbons (Fsp3) is 0.500. The van der Waals surface area contributed by atoms with Crippen LogP contribution in [0, 0.1) is 5.92 Å². The lowest BCUT2D eigenvalue weighted by molar-refractivity contribution is -0.123. The van der Waals surface area contributed by atoms with Gasteiger partial charge in [0.25, 0.3) is 0 Å². The van der Waals surface area contributed by atoms with Crippen molar-refractivity contribution >= 4 is 5.91 Å². The molecule has 1 amide bonds. The van der Waals surface area contributed by atoms with Crippen LogP contribution in [0.25, 0.3) is 0 Å². The molecule has 0 aromatic heterocycles. The van der Waals surface area contributed by atoms with Crippen molar-refractivity contribution in [3.05, 3.63) is 36.0 Å². The highest BCUT2D eigenvalue weighted by Crippen LogP contribution is 2.11. The molecule has 0 aromatic carbocycles. The molecule has 0 aliphatic heterocycles. The summed E-state index contributed by atoms with van der Waals surface area (Å²) in [5, 5.41) is 12.4. The number of aliphatic hydroxyl groups is 1. The monoisotopic (exact) mass is 235 g/mol. The van der Waals surface area contributed by atoms with Crippen molar-refractivity contribution < 1.29 is 9.90 Å². The molecule has 3 atom stereocenters. The van der Waals surface area contributed by atoms with Gasteiger partial charge in [0.05, 0.1) is 18.1 Å². The van der Waals surface area contributed by atoms with Crippen LogP contribution in [0.15, 0.2) is 36.0 Å². The molecular weight excluding hydrogens is 214 g/mol. The zero-order chi connectivity index (χ0) is 12.8. The van der Waals surface area contributed by atoms with Gasteiger partial charge in [-0.2, -0.15) is 0 Å². The zero-order valence-electron chi connectivity index (χ0n) is 10.7. The van der Waals surface area contributed by atoms with Crippen molar-refractivity contribution in [2.24, 2.45) is 5.92 Å². The summed E-state index contributed by atoms with van der Waals surface area (Å²) in [5.41, 5.74) is 1.12. The molecule has 0 aromatic rings. The first-order valence-corrected chi connectivity index (χ1v) is 6.06. The molecule has 0 spiro atoms. The van der Waals surface area contributed by atoms with Gasteiger partial charge in [0.15, 0.2) is 0 Å². The summed E-state index contributed by atoms with van der Waals surface area (Å²) in [6.45, 7) is 5.63. The highest BCUT2D eigenvalue weighted by molar-refractivity contribution is 5.82. The normalized spacial score (nSPS) is 22.6. The number of hydrogen-bond acceptors (Lipinski definition) is 2. The van der Waals surface area contributed by atoms with Gasteiger partial charge in [0, 0.05) is 0 Å². The van der Waals surface area contributed by atoms with Crippen LogP contribution in [-0.4, -0.2) is 23.2 Å². The quantitative estimate of drug-likeness (QED) is 0.782. The number of carbonyl (C=O) groups excluding carboxylic acids is 1. The second-order valence-electron chi connectivity index (χ2n) is 4.44. The minimum Gasteiger partial charge on any atom is -0.391 e. The molecule has 0 fully saturated rings. The lowest BCUT2D eigenvalue weighted by Gasteiger charge is -2.21. The third kappa shape index (κ3) is 4.19. The van der Waals surface area contributed by atoms with E-state index in [1.54, 1.807) is 6.92 Å². The Hall–Kier alpha value is -1.35. The second kappa shape index (κ2) is 6.40. The Morgan fingerprint density at radius 3 is 2.82 bits per heavy atom. The van der Waals surface area contributed by atoms with Gasteiger partial charge in [-0.25, -0.2) is 0 Å². The van der Waals surface area contributed by atoms with Gasteiger partial charge < -0.3 is 10.4 Å². The van der Waals surface area contributed by atoms with Crippen LogP contribution in [0.2, 0.25) is 0 Å². The highest BCUT2D eigenvalue weighted by atomic mass is 16.3. The first-order valence-electron chi connectivity index (χ1n) is 6.06. The Labute approximate surface area is 103 Å². The summed E-state index contributed by atoms with van der Waals surface area (Å²) in [7, 11) is 0. The number of hydrogen-bond donors (Lipinski definition) is 2. The molecule has 0 radical (unpaired) electrons. The lowest BCUT2D eigenvalue weighted by Crippen LogP contribution is -2.43. The zero-order valence-corrected chi connectivity index (χ0v) is 10.7. The molecule has 3 nitrogen and oxygen atoms in total. The standard InChI is InChI=1S/C14H21NO2/c1-4-13(11(3)16)15-14(17)12-7-5-6-10(2)8-9-12/h5-9,11-13,16H,4H2,1-3H3,(H,15,17)/t11-,12?,13-/m0/s1. The molecule has 3 heteroatoms. The summed E-state index contributed by atoms with van der Waals surface area (Å²) in [6.07, 6.45) is 9.73. The predicted molar refractivity (Wildman–Crippen MR) is 69.4 cm³/mol. The van der Waals surface area contributed by atoms with Gasteiger partial charge in [-0.1, -0.05) is 42.9 Å². The molecule has 2 N–H and O–H groups in total. The topological polar surface area (TPSA) is 49.3 Å². The molecule has 1 aliphatic rings. The smallest absolute Gasteiger partial charge is 0.231 e. The summed E-state index contributed by atoms with van der Waals surface area (Å²) < 4.78 is 0. The van der Waals surface area contributed by atoms with Crippen molar-refractivity contribution in [3.8, 4) is 0 Å². The van der Waals surface area contributed by atoms with Gasteiger partial charge in [0.1, 0.15) is 0 Å². The van der Waals surface area contributed by atoms with E-state index in [9.17, 15) is 9.90 Å². The van der Waals surface area contributed by atoms with E-state index in [1.807, 2.05) is 44.2 Å². The van der Waals surface area contributed by atoms with Crippen LogP contribution >= 0.6 is 0 Å². The highest BCUT2D eigenvalue weighted by Gasteiger charge is 2.19. The molecule has 0 saturated carbocycles. The van der Waals surface area contributed by atoms with E-state index in [0.717, 1.165) is 12.0 Å². The van der Waals surface area contributed by atoms with E-state index < -0.39 is 6.10 Å². The number of nitrogens with one attached hydrogen (secondary N) is 1. The predicted octanol–water partition coefficient (Wildman–Crippen LogP) is 1.95. The first-order chi connectivity index (χ1) is 8.04. The fourth-order valence-electron chi connectivity index (χ4n) is 1.72. The van der Waals surface area contributed by atoms with Gasteiger partial charge in [-0.3, -0.25) is 4.79 Å². The molecule has 1 aliphatic carbocycles. The van der Waals surface area contributed by atoms with Crippen LogP contribution in [-0.2, 0) is 4.79 Å². The van der Waals surface area contributed by atoms with E-state index in [1.165, 1.54) is 0 Å². The molecule has 0 bridgehead atoms. The molecule has 17 heavy (non-hydrogen) atoms. The third-order valence-corrected chi connectivity index (χ3v) is 2.90. The Morgan fingerprint density at radius 2 is 2.24 bits per heavy atom. The maximum absolute atomic E-state index is 12.0. The van der Waals surface area contributed by atoms with E-state index in [-0.39, 0.29) is 17.9 Å². The van der Waals surface area contributed by atoms with Crippen molar-refractivity contribution in [1.29, 1.82) is 0 Å². The van der Waals surface area contributed by atoms with Crippen LogP contribution < -0.4 is 5.32 Å². The van der Waals surface area contributed by atoms with Crippen molar-refractivity contribution in [2.75, 3.05) is 0 Å². The van der Waals surface area contributed by atoms with Crippen LogP contribution in [0.4, 0.5) is 0 Å². The van der Waals surface area contributed by atoms with Crippen LogP contribution in [0.1, 0.15) is 27.2 Å². The van der Waals surface area contributed by atoms with Crippen molar-refractivity contribution in [3.63, 3.8) is 0 Å². The van der Waals surface area contributed by atoms with Crippen molar-refractivity contribution in [2.45, 2.75) is 39.3 Å². The second-order valence-corrected chi connectivity index (χ2v) is 4.44. The SMILES string of the molecule is CC[C@H](NC(=O)C1C=CC=C(C)C=C1)[C@H](C)O. The Morgan fingerprint density at radius 1 is 1.53 bits per heavy atom. The van der Waals surface area contributed by atoms with Gasteiger partial charge >= 0.3 is 0 Å². The largest absolute Gasteiger partial charge is 0.391 e. The van der Waals surface area contributed by atoms with Gasteiger partial charge in [-0.05, 0) is 20.3 Å². The average Bonchev–Trinajstić information content (AvgIpc) is 2.50. The molecule has 1 unspecified atom stereocenters. The summed E-state index contributed by atoms with van der Waals surface area (Å²) in [5.74, 6) is -0.315. The summed E-state index contributed by atoms with van der Waals surface area (Å²) >= 11 is 0. The number of aliphatic hydroxyl groups excluding tert-OH is 1. The average molecular weight is 235 g/mol. The Kier molecular flexibility index (Phi) is 5.16. The number of carbonyl (C=O) groups is 1. The van der Waals surface area contributed by atoms with Gasteiger partial charge in [-0.15, -0.1) is 0 Å². The van der Waals surface area contributed by atoms with Gasteiger partial charge in [0.2, 0.25) is 5.91 Å². The third-order valence-electron chi connectivity index (χ3n) is 2.90. The Balaban J connectivity index is 2.62. The number of amides is 1. The van der Waals surface area contributed by atoms with E-state index in [2.05, 4.69) is 5.32 Å². The number of rotatable bonds is 4. The minimum absolute atomic E-state index is 0.0617. The molecule has 0 heterocycles. The van der Waals surface area contributed by atoms with E-state index in [0.29, 0.717) is 0 Å².